The summed E-state index contributed by atoms with van der Waals surface area (Å²) < 4.78 is 66.4. The summed E-state index contributed by atoms with van der Waals surface area (Å²) in [7, 11) is -1.23. The number of anilines is 1. The van der Waals surface area contributed by atoms with Gasteiger partial charge >= 0.3 is 0 Å². The van der Waals surface area contributed by atoms with Crippen molar-refractivity contribution in [2.75, 3.05) is 23.9 Å². The van der Waals surface area contributed by atoms with E-state index in [9.17, 15) is 22.5 Å². The second-order valence-electron chi connectivity index (χ2n) is 8.60. The van der Waals surface area contributed by atoms with Gasteiger partial charge in [0.1, 0.15) is 11.6 Å². The van der Waals surface area contributed by atoms with Gasteiger partial charge in [-0.25, -0.2) is 17.4 Å². The minimum absolute atomic E-state index is 0.0830. The second kappa shape index (κ2) is 9.07. The fraction of sp³-hybridized carbons (Fsp3) is 0.375. The molecule has 0 saturated carbocycles. The molecule has 10 heteroatoms. The summed E-state index contributed by atoms with van der Waals surface area (Å²) >= 11 is 0. The first-order valence-electron chi connectivity index (χ1n) is 10.8. The van der Waals surface area contributed by atoms with Gasteiger partial charge in [0, 0.05) is 55.7 Å². The molecular weight excluding hydrogens is 467 g/mol. The van der Waals surface area contributed by atoms with Crippen LogP contribution in [-0.2, 0) is 15.3 Å². The van der Waals surface area contributed by atoms with Gasteiger partial charge in [-0.3, -0.25) is 9.76 Å². The number of halogens is 3. The number of alkyl halides is 2. The summed E-state index contributed by atoms with van der Waals surface area (Å²) in [4.78, 5) is 4.37. The van der Waals surface area contributed by atoms with Crippen molar-refractivity contribution in [3.63, 3.8) is 0 Å². The van der Waals surface area contributed by atoms with Crippen LogP contribution in [0.2, 0.25) is 0 Å². The van der Waals surface area contributed by atoms with E-state index >= 15 is 0 Å². The summed E-state index contributed by atoms with van der Waals surface area (Å²) in [5.41, 5.74) is -0.240. The van der Waals surface area contributed by atoms with Gasteiger partial charge in [0.2, 0.25) is 0 Å². The average Bonchev–Trinajstić information content (AvgIpc) is 2.80. The highest BCUT2D eigenvalue weighted by atomic mass is 32.2. The topological polar surface area (TPSA) is 95.3 Å². The van der Waals surface area contributed by atoms with E-state index in [4.69, 9.17) is 9.52 Å². The third-order valence-electron chi connectivity index (χ3n) is 6.39. The Morgan fingerprint density at radius 1 is 1.21 bits per heavy atom. The van der Waals surface area contributed by atoms with Crippen LogP contribution >= 0.6 is 0 Å². The second-order valence-corrected chi connectivity index (χ2v) is 11.0. The number of rotatable bonds is 6. The Bertz CT molecular complexity index is 1320. The first kappa shape index (κ1) is 24.3. The molecule has 2 heterocycles. The highest BCUT2D eigenvalue weighted by molar-refractivity contribution is 7.92. The van der Waals surface area contributed by atoms with Crippen molar-refractivity contribution in [3.05, 3.63) is 65.1 Å². The van der Waals surface area contributed by atoms with Crippen molar-refractivity contribution in [1.82, 2.24) is 4.98 Å². The zero-order valence-corrected chi connectivity index (χ0v) is 19.6. The lowest BCUT2D eigenvalue weighted by molar-refractivity contribution is 0.0247. The summed E-state index contributed by atoms with van der Waals surface area (Å²) in [5, 5.41) is 15.2. The summed E-state index contributed by atoms with van der Waals surface area (Å²) in [5.74, 6) is -0.366. The molecule has 0 bridgehead atoms. The zero-order chi connectivity index (χ0) is 24.7. The standard InChI is InChI=1S/C24H26F3N3O3S/c1-14(15-4-3-5-16(22(15)25)23(26)27)30-19-6-9-29-20-13-21(33-2)18(12-17(19)20)24(31)7-10-34(28,32)11-8-24/h3-6,9,12-14,23,28,31H,7-8,10-11H2,1-2H3,(H,29,30)/t14-,24?,34?/m1/s1. The molecule has 0 unspecified atom stereocenters. The number of aromatic nitrogens is 1. The number of pyridine rings is 1. The van der Waals surface area contributed by atoms with Crippen molar-refractivity contribution in [2.45, 2.75) is 37.8 Å². The number of nitrogens with zero attached hydrogens (tertiary/aromatic N) is 1. The Labute approximate surface area is 196 Å². The van der Waals surface area contributed by atoms with Crippen LogP contribution < -0.4 is 10.1 Å². The number of fused-ring (bicyclic) bond motifs is 1. The smallest absolute Gasteiger partial charge is 0.266 e. The molecule has 1 saturated heterocycles. The average molecular weight is 494 g/mol. The van der Waals surface area contributed by atoms with Crippen LogP contribution in [0.15, 0.2) is 42.6 Å². The van der Waals surface area contributed by atoms with E-state index in [-0.39, 0.29) is 29.9 Å². The molecule has 182 valence electrons. The lowest BCUT2D eigenvalue weighted by Gasteiger charge is -2.34. The number of ether oxygens (including phenoxy) is 1. The van der Waals surface area contributed by atoms with Crippen LogP contribution in [0.1, 0.15) is 48.9 Å². The van der Waals surface area contributed by atoms with Crippen molar-refractivity contribution in [1.29, 1.82) is 4.78 Å². The Balaban J connectivity index is 1.75. The van der Waals surface area contributed by atoms with Gasteiger partial charge in [0.15, 0.2) is 0 Å². The minimum atomic E-state index is -2.92. The predicted octanol–water partition coefficient (Wildman–Crippen LogP) is 5.52. The molecule has 0 spiro atoms. The SMILES string of the molecule is COc1cc2nccc(N[C@H](C)c3cccc(C(F)F)c3F)c2cc1C1(O)CCS(=N)(=O)CC1. The number of hydrogen-bond donors (Lipinski definition) is 3. The molecule has 6 nitrogen and oxygen atoms in total. The largest absolute Gasteiger partial charge is 0.496 e. The van der Waals surface area contributed by atoms with Gasteiger partial charge in [0.25, 0.3) is 6.43 Å². The van der Waals surface area contributed by atoms with E-state index < -0.39 is 39.2 Å². The number of aliphatic hydroxyl groups is 1. The Morgan fingerprint density at radius 2 is 1.88 bits per heavy atom. The monoisotopic (exact) mass is 493 g/mol. The van der Waals surface area contributed by atoms with Crippen LogP contribution in [0.5, 0.6) is 5.75 Å². The van der Waals surface area contributed by atoms with Crippen molar-refractivity contribution >= 4 is 26.3 Å². The quantitative estimate of drug-likeness (QED) is 0.420. The molecule has 4 rings (SSSR count). The van der Waals surface area contributed by atoms with Crippen molar-refractivity contribution < 1.29 is 27.2 Å². The van der Waals surface area contributed by atoms with Gasteiger partial charge in [-0.15, -0.1) is 0 Å². The number of benzene rings is 2. The molecule has 3 aromatic rings. The van der Waals surface area contributed by atoms with Crippen LogP contribution in [0, 0.1) is 10.6 Å². The Morgan fingerprint density at radius 3 is 2.53 bits per heavy atom. The molecule has 1 aliphatic heterocycles. The van der Waals surface area contributed by atoms with Crippen LogP contribution in [0.4, 0.5) is 18.9 Å². The summed E-state index contributed by atoms with van der Waals surface area (Å²) in [6.07, 6.45) is -1.05. The molecule has 1 aromatic heterocycles. The van der Waals surface area contributed by atoms with Gasteiger partial charge in [0.05, 0.1) is 29.8 Å². The number of hydrogen-bond acceptors (Lipinski definition) is 6. The molecule has 2 aromatic carbocycles. The fourth-order valence-corrected chi connectivity index (χ4v) is 5.92. The molecular formula is C24H26F3N3O3S. The molecule has 0 aliphatic carbocycles. The van der Waals surface area contributed by atoms with Gasteiger partial charge < -0.3 is 15.2 Å². The first-order valence-corrected chi connectivity index (χ1v) is 12.7. The highest BCUT2D eigenvalue weighted by Crippen LogP contribution is 2.42. The van der Waals surface area contributed by atoms with Gasteiger partial charge in [-0.2, -0.15) is 0 Å². The molecule has 1 aliphatic rings. The van der Waals surface area contributed by atoms with Gasteiger partial charge in [-0.05, 0) is 31.9 Å². The molecule has 34 heavy (non-hydrogen) atoms. The molecule has 0 amide bonds. The summed E-state index contributed by atoms with van der Waals surface area (Å²) in [6, 6.07) is 8.39. The zero-order valence-electron chi connectivity index (χ0n) is 18.8. The predicted molar refractivity (Wildman–Crippen MR) is 125 cm³/mol. The van der Waals surface area contributed by atoms with Crippen molar-refractivity contribution in [3.8, 4) is 5.75 Å². The van der Waals surface area contributed by atoms with Crippen molar-refractivity contribution in [2.24, 2.45) is 0 Å². The molecule has 3 N–H and O–H groups in total. The van der Waals surface area contributed by atoms with E-state index in [1.54, 1.807) is 31.3 Å². The van der Waals surface area contributed by atoms with E-state index in [1.807, 2.05) is 0 Å². The Kier molecular flexibility index (Phi) is 6.48. The minimum Gasteiger partial charge on any atom is -0.496 e. The maximum absolute atomic E-state index is 14.7. The maximum atomic E-state index is 14.7. The lowest BCUT2D eigenvalue weighted by Crippen LogP contribution is -2.36. The van der Waals surface area contributed by atoms with Crippen LogP contribution in [0.25, 0.3) is 10.9 Å². The highest BCUT2D eigenvalue weighted by Gasteiger charge is 2.38. The third-order valence-corrected chi connectivity index (χ3v) is 8.11. The Hall–Kier alpha value is -2.85. The third kappa shape index (κ3) is 4.56. The molecule has 1 atom stereocenters. The first-order chi connectivity index (χ1) is 16.0. The van der Waals surface area contributed by atoms with E-state index in [0.29, 0.717) is 27.9 Å². The molecule has 0 radical (unpaired) electrons. The normalized spacial score (nSPS) is 23.7. The number of nitrogens with one attached hydrogen (secondary N) is 2. The molecule has 1 fully saturated rings. The van der Waals surface area contributed by atoms with E-state index in [1.165, 1.54) is 19.2 Å². The van der Waals surface area contributed by atoms with Crippen LogP contribution in [-0.4, -0.2) is 32.9 Å². The summed E-state index contributed by atoms with van der Waals surface area (Å²) in [6.45, 7) is 1.67. The lowest BCUT2D eigenvalue weighted by atomic mass is 9.86. The van der Waals surface area contributed by atoms with Crippen LogP contribution in [0.3, 0.4) is 0 Å². The van der Waals surface area contributed by atoms with E-state index in [2.05, 4.69) is 10.3 Å². The van der Waals surface area contributed by atoms with E-state index in [0.717, 1.165) is 6.07 Å². The maximum Gasteiger partial charge on any atom is 0.266 e. The number of methoxy groups -OCH3 is 1. The van der Waals surface area contributed by atoms with Gasteiger partial charge in [-0.1, -0.05) is 18.2 Å². The fourth-order valence-electron chi connectivity index (χ4n) is 4.38.